The molecule has 0 saturated heterocycles. The van der Waals surface area contributed by atoms with E-state index in [-0.39, 0.29) is 16.7 Å². The Morgan fingerprint density at radius 1 is 1.19 bits per heavy atom. The van der Waals surface area contributed by atoms with Gasteiger partial charge in [0.1, 0.15) is 0 Å². The van der Waals surface area contributed by atoms with Gasteiger partial charge in [0.2, 0.25) is 0 Å². The third-order valence-electron chi connectivity index (χ3n) is 4.35. The van der Waals surface area contributed by atoms with Crippen molar-refractivity contribution in [3.63, 3.8) is 0 Å². The van der Waals surface area contributed by atoms with Crippen molar-refractivity contribution in [1.29, 1.82) is 0 Å². The van der Waals surface area contributed by atoms with Crippen LogP contribution in [-0.4, -0.2) is 17.8 Å². The lowest BCUT2D eigenvalue weighted by atomic mass is 9.86. The molecule has 1 N–H and O–H groups in total. The Morgan fingerprint density at radius 2 is 1.81 bits per heavy atom. The molecule has 1 aromatic carbocycles. The van der Waals surface area contributed by atoms with Crippen molar-refractivity contribution in [1.82, 2.24) is 5.32 Å². The Labute approximate surface area is 133 Å². The van der Waals surface area contributed by atoms with Crippen LogP contribution in [0.3, 0.4) is 0 Å². The minimum absolute atomic E-state index is 0.00454. The van der Waals surface area contributed by atoms with E-state index >= 15 is 0 Å². The molecule has 0 aliphatic heterocycles. The van der Waals surface area contributed by atoms with E-state index in [1.54, 1.807) is 0 Å². The van der Waals surface area contributed by atoms with Crippen LogP contribution < -0.4 is 5.32 Å². The summed E-state index contributed by atoms with van der Waals surface area (Å²) in [6.07, 6.45) is 4.64. The lowest BCUT2D eigenvalue weighted by molar-refractivity contribution is 0.0944. The smallest absolute Gasteiger partial charge is 0.251 e. The summed E-state index contributed by atoms with van der Waals surface area (Å²) < 4.78 is 0. The molecule has 1 amide bonds. The summed E-state index contributed by atoms with van der Waals surface area (Å²) in [4.78, 5) is 12.2. The lowest BCUT2D eigenvalue weighted by Gasteiger charge is -2.27. The van der Waals surface area contributed by atoms with Crippen molar-refractivity contribution in [3.05, 3.63) is 35.4 Å². The first kappa shape index (κ1) is 16.4. The first-order valence-electron chi connectivity index (χ1n) is 7.91. The van der Waals surface area contributed by atoms with E-state index in [0.717, 1.165) is 18.4 Å². The minimum atomic E-state index is 0.00454. The zero-order valence-corrected chi connectivity index (χ0v) is 14.0. The number of hydrogen-bond acceptors (Lipinski definition) is 1. The van der Waals surface area contributed by atoms with Crippen LogP contribution in [-0.2, 0) is 5.41 Å². The highest BCUT2D eigenvalue weighted by Crippen LogP contribution is 2.28. The Balaban J connectivity index is 1.91. The largest absolute Gasteiger partial charge is 0.352 e. The highest BCUT2D eigenvalue weighted by atomic mass is 35.5. The van der Waals surface area contributed by atoms with Crippen molar-refractivity contribution in [2.75, 3.05) is 6.54 Å². The van der Waals surface area contributed by atoms with E-state index < -0.39 is 0 Å². The molecule has 1 aromatic rings. The SMILES string of the molecule is CC(C)(C)c1ccc(C(=O)NCC2CCCCC2Cl)cc1. The van der Waals surface area contributed by atoms with Gasteiger partial charge in [0.05, 0.1) is 0 Å². The van der Waals surface area contributed by atoms with Crippen LogP contribution in [0.1, 0.15) is 62.4 Å². The maximum absolute atomic E-state index is 12.2. The number of nitrogens with one attached hydrogen (secondary N) is 1. The molecular weight excluding hydrogens is 282 g/mol. The predicted molar refractivity (Wildman–Crippen MR) is 89.1 cm³/mol. The van der Waals surface area contributed by atoms with Crippen LogP contribution in [0.5, 0.6) is 0 Å². The van der Waals surface area contributed by atoms with Gasteiger partial charge >= 0.3 is 0 Å². The molecule has 1 aliphatic carbocycles. The van der Waals surface area contributed by atoms with Crippen molar-refractivity contribution < 1.29 is 4.79 Å². The first-order chi connectivity index (χ1) is 9.88. The highest BCUT2D eigenvalue weighted by molar-refractivity contribution is 6.20. The molecule has 2 unspecified atom stereocenters. The molecule has 0 spiro atoms. The molecule has 0 aromatic heterocycles. The summed E-state index contributed by atoms with van der Waals surface area (Å²) in [6, 6.07) is 7.91. The second-order valence-electron chi connectivity index (χ2n) is 7.10. The van der Waals surface area contributed by atoms with Gasteiger partial charge in [-0.25, -0.2) is 0 Å². The highest BCUT2D eigenvalue weighted by Gasteiger charge is 2.23. The average Bonchev–Trinajstić information content (AvgIpc) is 2.45. The van der Waals surface area contributed by atoms with E-state index in [1.165, 1.54) is 18.4 Å². The van der Waals surface area contributed by atoms with Gasteiger partial charge in [-0.1, -0.05) is 45.7 Å². The fraction of sp³-hybridized carbons (Fsp3) is 0.611. The van der Waals surface area contributed by atoms with Gasteiger partial charge in [0, 0.05) is 17.5 Å². The molecule has 0 bridgehead atoms. The van der Waals surface area contributed by atoms with Crippen LogP contribution in [0.15, 0.2) is 24.3 Å². The van der Waals surface area contributed by atoms with E-state index in [2.05, 4.69) is 26.1 Å². The van der Waals surface area contributed by atoms with Crippen LogP contribution in [0, 0.1) is 5.92 Å². The maximum Gasteiger partial charge on any atom is 0.251 e. The zero-order chi connectivity index (χ0) is 15.5. The normalized spacial score (nSPS) is 22.9. The van der Waals surface area contributed by atoms with Crippen LogP contribution >= 0.6 is 11.6 Å². The Hall–Kier alpha value is -1.02. The Bertz CT molecular complexity index is 475. The Kier molecular flexibility index (Phi) is 5.32. The van der Waals surface area contributed by atoms with E-state index in [4.69, 9.17) is 11.6 Å². The van der Waals surface area contributed by atoms with Crippen molar-refractivity contribution >= 4 is 17.5 Å². The number of amides is 1. The summed E-state index contributed by atoms with van der Waals surface area (Å²) in [5.41, 5.74) is 2.08. The summed E-state index contributed by atoms with van der Waals surface area (Å²) >= 11 is 6.33. The molecule has 116 valence electrons. The molecular formula is C18H26ClNO. The second-order valence-corrected chi connectivity index (χ2v) is 7.66. The van der Waals surface area contributed by atoms with E-state index in [0.29, 0.717) is 12.5 Å². The Morgan fingerprint density at radius 3 is 2.38 bits per heavy atom. The predicted octanol–water partition coefficient (Wildman–Crippen LogP) is 4.51. The van der Waals surface area contributed by atoms with Gasteiger partial charge in [0.25, 0.3) is 5.91 Å². The molecule has 1 saturated carbocycles. The summed E-state index contributed by atoms with van der Waals surface area (Å²) in [7, 11) is 0. The van der Waals surface area contributed by atoms with Gasteiger partial charge in [-0.2, -0.15) is 0 Å². The molecule has 0 radical (unpaired) electrons. The number of benzene rings is 1. The number of carbonyl (C=O) groups is 1. The van der Waals surface area contributed by atoms with Crippen LogP contribution in [0.4, 0.5) is 0 Å². The molecule has 2 nitrogen and oxygen atoms in total. The van der Waals surface area contributed by atoms with Crippen molar-refractivity contribution in [3.8, 4) is 0 Å². The number of rotatable bonds is 3. The third kappa shape index (κ3) is 4.47. The van der Waals surface area contributed by atoms with Gasteiger partial charge in [-0.15, -0.1) is 11.6 Å². The standard InChI is InChI=1S/C18H26ClNO/c1-18(2,3)15-10-8-13(9-11-15)17(21)20-12-14-6-4-5-7-16(14)19/h8-11,14,16H,4-7,12H2,1-3H3,(H,20,21). The molecule has 1 fully saturated rings. The molecule has 1 aliphatic rings. The maximum atomic E-state index is 12.2. The van der Waals surface area contributed by atoms with E-state index in [1.807, 2.05) is 24.3 Å². The molecule has 3 heteroatoms. The molecule has 2 atom stereocenters. The molecule has 21 heavy (non-hydrogen) atoms. The lowest BCUT2D eigenvalue weighted by Crippen LogP contribution is -2.34. The minimum Gasteiger partial charge on any atom is -0.352 e. The fourth-order valence-electron chi connectivity index (χ4n) is 2.84. The van der Waals surface area contributed by atoms with Gasteiger partial charge in [-0.3, -0.25) is 4.79 Å². The number of alkyl halides is 1. The number of hydrogen-bond donors (Lipinski definition) is 1. The monoisotopic (exact) mass is 307 g/mol. The third-order valence-corrected chi connectivity index (χ3v) is 4.93. The van der Waals surface area contributed by atoms with Gasteiger partial charge in [-0.05, 0) is 41.9 Å². The summed E-state index contributed by atoms with van der Waals surface area (Å²) in [5, 5.41) is 3.24. The van der Waals surface area contributed by atoms with E-state index in [9.17, 15) is 4.79 Å². The topological polar surface area (TPSA) is 29.1 Å². The first-order valence-corrected chi connectivity index (χ1v) is 8.34. The number of carbonyl (C=O) groups excluding carboxylic acids is 1. The second kappa shape index (κ2) is 6.83. The van der Waals surface area contributed by atoms with Gasteiger partial charge in [0.15, 0.2) is 0 Å². The quantitative estimate of drug-likeness (QED) is 0.818. The summed E-state index contributed by atoms with van der Waals surface area (Å²) in [6.45, 7) is 7.21. The number of halogens is 1. The van der Waals surface area contributed by atoms with Crippen LogP contribution in [0.25, 0.3) is 0 Å². The van der Waals surface area contributed by atoms with Crippen molar-refractivity contribution in [2.24, 2.45) is 5.92 Å². The van der Waals surface area contributed by atoms with Crippen molar-refractivity contribution in [2.45, 2.75) is 57.2 Å². The van der Waals surface area contributed by atoms with Gasteiger partial charge < -0.3 is 5.32 Å². The molecule has 0 heterocycles. The van der Waals surface area contributed by atoms with Crippen LogP contribution in [0.2, 0.25) is 0 Å². The summed E-state index contributed by atoms with van der Waals surface area (Å²) in [5.74, 6) is 0.420. The zero-order valence-electron chi connectivity index (χ0n) is 13.3. The molecule has 2 rings (SSSR count). The average molecular weight is 308 g/mol. The fourth-order valence-corrected chi connectivity index (χ4v) is 3.21.